The second-order valence-electron chi connectivity index (χ2n) is 11.5. The number of hydrogen-bond acceptors (Lipinski definition) is 3. The van der Waals surface area contributed by atoms with Crippen molar-refractivity contribution in [1.82, 2.24) is 4.90 Å². The summed E-state index contributed by atoms with van der Waals surface area (Å²) in [5, 5.41) is 9.34. The van der Waals surface area contributed by atoms with Gasteiger partial charge in [0.2, 0.25) is 0 Å². The summed E-state index contributed by atoms with van der Waals surface area (Å²) in [5.74, 6) is 0.343. The molecule has 3 nitrogen and oxygen atoms in total. The molecule has 4 aromatic carbocycles. The Labute approximate surface area is 230 Å². The molecule has 3 heteroatoms. The van der Waals surface area contributed by atoms with E-state index in [2.05, 4.69) is 103 Å². The van der Waals surface area contributed by atoms with Gasteiger partial charge in [-0.15, -0.1) is 0 Å². The molecule has 0 N–H and O–H groups in total. The summed E-state index contributed by atoms with van der Waals surface area (Å²) in [4.78, 5) is 16.2. The number of benzene rings is 4. The summed E-state index contributed by atoms with van der Waals surface area (Å²) < 4.78 is 0. The minimum Gasteiger partial charge on any atom is -0.298 e. The first-order chi connectivity index (χ1) is 19.0. The monoisotopic (exact) mass is 508 g/mol. The van der Waals surface area contributed by atoms with Crippen LogP contribution in [0.2, 0.25) is 0 Å². The lowest BCUT2D eigenvalue weighted by Crippen LogP contribution is -2.58. The second-order valence-corrected chi connectivity index (χ2v) is 11.5. The van der Waals surface area contributed by atoms with Crippen LogP contribution in [-0.2, 0) is 28.6 Å². The second kappa shape index (κ2) is 8.76. The standard InChI is InChI=1S/C36H32N2O/c1-24-34(25(2)39)38-22-20-28-9-3-6-12-31(28)35(38,21-19-26-15-17-27(23-37)18-16-26)36(24)32-13-7-4-10-29(32)30-11-5-8-14-33(30)36/h3-18,24,34H,19-22H2,1-2H3/t24-,34?,35-/m1/s1. The third-order valence-electron chi connectivity index (χ3n) is 9.99. The van der Waals surface area contributed by atoms with Crippen molar-refractivity contribution in [2.24, 2.45) is 5.92 Å². The van der Waals surface area contributed by atoms with Crippen LogP contribution in [0.4, 0.5) is 0 Å². The molecule has 3 aliphatic rings. The molecule has 2 aliphatic heterocycles. The largest absolute Gasteiger partial charge is 0.298 e. The molecule has 2 heterocycles. The maximum absolute atomic E-state index is 13.6. The van der Waals surface area contributed by atoms with E-state index in [9.17, 15) is 10.1 Å². The maximum Gasteiger partial charge on any atom is 0.147 e. The van der Waals surface area contributed by atoms with Crippen molar-refractivity contribution < 1.29 is 4.79 Å². The molecule has 0 saturated carbocycles. The first-order valence-electron chi connectivity index (χ1n) is 14.1. The van der Waals surface area contributed by atoms with Crippen LogP contribution in [0.5, 0.6) is 0 Å². The van der Waals surface area contributed by atoms with Gasteiger partial charge in [0.1, 0.15) is 5.78 Å². The van der Waals surface area contributed by atoms with Gasteiger partial charge in [0, 0.05) is 12.0 Å². The van der Waals surface area contributed by atoms with E-state index in [1.54, 1.807) is 6.92 Å². The molecular formula is C36H32N2O. The first-order valence-corrected chi connectivity index (χ1v) is 14.1. The van der Waals surface area contributed by atoms with Crippen LogP contribution in [0.1, 0.15) is 53.6 Å². The Kier molecular flexibility index (Phi) is 5.41. The highest BCUT2D eigenvalue weighted by molar-refractivity contribution is 5.88. The molecule has 1 spiro atoms. The average molecular weight is 509 g/mol. The smallest absolute Gasteiger partial charge is 0.147 e. The number of nitriles is 1. The summed E-state index contributed by atoms with van der Waals surface area (Å²) in [6.07, 6.45) is 2.69. The van der Waals surface area contributed by atoms with Gasteiger partial charge in [0.15, 0.2) is 0 Å². The highest BCUT2D eigenvalue weighted by Crippen LogP contribution is 2.69. The maximum atomic E-state index is 13.6. The van der Waals surface area contributed by atoms with Crippen molar-refractivity contribution in [2.75, 3.05) is 6.54 Å². The van der Waals surface area contributed by atoms with Crippen LogP contribution in [0.3, 0.4) is 0 Å². The molecule has 7 rings (SSSR count). The number of rotatable bonds is 4. The summed E-state index contributed by atoms with van der Waals surface area (Å²) in [7, 11) is 0. The van der Waals surface area contributed by atoms with E-state index < -0.39 is 5.54 Å². The van der Waals surface area contributed by atoms with Crippen LogP contribution in [0.15, 0.2) is 97.1 Å². The Morgan fingerprint density at radius 1 is 0.872 bits per heavy atom. The van der Waals surface area contributed by atoms with Gasteiger partial charge in [-0.05, 0) is 83.2 Å². The predicted octanol–water partition coefficient (Wildman–Crippen LogP) is 6.82. The number of carbonyl (C=O) groups is 1. The van der Waals surface area contributed by atoms with E-state index in [1.807, 2.05) is 12.1 Å². The van der Waals surface area contributed by atoms with Crippen molar-refractivity contribution >= 4 is 5.78 Å². The summed E-state index contributed by atoms with van der Waals surface area (Å²) in [5.41, 5.74) is 9.19. The van der Waals surface area contributed by atoms with Gasteiger partial charge in [-0.25, -0.2) is 0 Å². The Morgan fingerprint density at radius 2 is 1.46 bits per heavy atom. The fourth-order valence-electron chi connectivity index (χ4n) is 8.75. The Morgan fingerprint density at radius 3 is 2.08 bits per heavy atom. The van der Waals surface area contributed by atoms with Gasteiger partial charge in [-0.1, -0.05) is 91.9 Å². The molecule has 39 heavy (non-hydrogen) atoms. The van der Waals surface area contributed by atoms with E-state index in [-0.39, 0.29) is 23.2 Å². The van der Waals surface area contributed by atoms with E-state index >= 15 is 0 Å². The number of aryl methyl sites for hydroxylation is 1. The number of Topliss-reactive ketones (excluding diaryl/α,β-unsaturated/α-hetero) is 1. The van der Waals surface area contributed by atoms with E-state index in [1.165, 1.54) is 38.9 Å². The van der Waals surface area contributed by atoms with Crippen LogP contribution in [0, 0.1) is 17.2 Å². The van der Waals surface area contributed by atoms with Gasteiger partial charge in [-0.2, -0.15) is 5.26 Å². The Bertz CT molecular complexity index is 1600. The third-order valence-corrected chi connectivity index (χ3v) is 9.99. The number of ketones is 1. The van der Waals surface area contributed by atoms with Gasteiger partial charge in [0.05, 0.1) is 23.2 Å². The first kappa shape index (κ1) is 24.1. The predicted molar refractivity (Wildman–Crippen MR) is 154 cm³/mol. The normalized spacial score (nSPS) is 23.9. The number of fused-ring (bicyclic) bond motifs is 9. The molecule has 3 atom stereocenters. The number of carbonyl (C=O) groups excluding carboxylic acids is 1. The quantitative estimate of drug-likeness (QED) is 0.304. The molecule has 0 bridgehead atoms. The van der Waals surface area contributed by atoms with E-state index in [0.717, 1.165) is 25.8 Å². The molecule has 0 aromatic heterocycles. The van der Waals surface area contributed by atoms with Gasteiger partial charge < -0.3 is 0 Å². The zero-order chi connectivity index (χ0) is 26.8. The minimum atomic E-state index is -0.395. The van der Waals surface area contributed by atoms with Crippen molar-refractivity contribution in [3.63, 3.8) is 0 Å². The zero-order valence-corrected chi connectivity index (χ0v) is 22.5. The summed E-state index contributed by atoms with van der Waals surface area (Å²) in [6, 6.07) is 36.9. The van der Waals surface area contributed by atoms with Crippen molar-refractivity contribution in [3.8, 4) is 17.2 Å². The molecule has 192 valence electrons. The van der Waals surface area contributed by atoms with Gasteiger partial charge >= 0.3 is 0 Å². The fraction of sp³-hybridized carbons (Fsp3) is 0.278. The lowest BCUT2D eigenvalue weighted by atomic mass is 9.54. The van der Waals surface area contributed by atoms with Gasteiger partial charge in [-0.3, -0.25) is 9.69 Å². The molecule has 0 amide bonds. The van der Waals surface area contributed by atoms with Gasteiger partial charge in [0.25, 0.3) is 0 Å². The van der Waals surface area contributed by atoms with Crippen LogP contribution in [0.25, 0.3) is 11.1 Å². The molecule has 1 saturated heterocycles. The van der Waals surface area contributed by atoms with E-state index in [4.69, 9.17) is 0 Å². The number of hydrogen-bond donors (Lipinski definition) is 0. The topological polar surface area (TPSA) is 44.1 Å². The zero-order valence-electron chi connectivity index (χ0n) is 22.5. The van der Waals surface area contributed by atoms with Crippen molar-refractivity contribution in [3.05, 3.63) is 130 Å². The molecule has 1 aliphatic carbocycles. The molecule has 1 fully saturated rings. The Hall–Kier alpha value is -4.00. The van der Waals surface area contributed by atoms with Crippen LogP contribution >= 0.6 is 0 Å². The average Bonchev–Trinajstić information content (AvgIpc) is 3.41. The molecule has 1 unspecified atom stereocenters. The summed E-state index contributed by atoms with van der Waals surface area (Å²) >= 11 is 0. The lowest BCUT2D eigenvalue weighted by molar-refractivity contribution is -0.123. The minimum absolute atomic E-state index is 0.0897. The SMILES string of the molecule is CC(=O)C1[C@@H](C)C2(c3ccccc3-c3ccccc32)[C@@]2(CCc3ccc(C#N)cc3)c3ccccc3CCN12. The summed E-state index contributed by atoms with van der Waals surface area (Å²) in [6.45, 7) is 4.99. The number of nitrogens with zero attached hydrogens (tertiary/aromatic N) is 2. The van der Waals surface area contributed by atoms with Crippen molar-refractivity contribution in [1.29, 1.82) is 5.26 Å². The van der Waals surface area contributed by atoms with Crippen LogP contribution < -0.4 is 0 Å². The lowest BCUT2D eigenvalue weighted by Gasteiger charge is -2.54. The van der Waals surface area contributed by atoms with E-state index in [0.29, 0.717) is 5.56 Å². The molecular weight excluding hydrogens is 476 g/mol. The highest BCUT2D eigenvalue weighted by atomic mass is 16.1. The fourth-order valence-corrected chi connectivity index (χ4v) is 8.75. The highest BCUT2D eigenvalue weighted by Gasteiger charge is 2.71. The molecule has 0 radical (unpaired) electrons. The third kappa shape index (κ3) is 3.04. The molecule has 4 aromatic rings. The Balaban J connectivity index is 1.56. The van der Waals surface area contributed by atoms with Crippen molar-refractivity contribution in [2.45, 2.75) is 50.1 Å². The van der Waals surface area contributed by atoms with Crippen LogP contribution in [-0.4, -0.2) is 23.3 Å².